The van der Waals surface area contributed by atoms with Gasteiger partial charge < -0.3 is 4.74 Å². The number of hydrogen-bond donors (Lipinski definition) is 3. The highest BCUT2D eigenvalue weighted by Crippen LogP contribution is 2.34. The Morgan fingerprint density at radius 2 is 2.14 bits per heavy atom. The first kappa shape index (κ1) is 16.2. The monoisotopic (exact) mass is 333 g/mol. The van der Waals surface area contributed by atoms with Crippen molar-refractivity contribution in [1.82, 2.24) is 14.7 Å². The number of carbonyl (C=O) groups excluding carboxylic acids is 1. The second-order valence-electron chi connectivity index (χ2n) is 4.13. The second-order valence-corrected chi connectivity index (χ2v) is 4.54. The van der Waals surface area contributed by atoms with E-state index in [1.807, 2.05) is 0 Å². The minimum absolute atomic E-state index is 0.0438. The number of rotatable bonds is 4. The van der Waals surface area contributed by atoms with Gasteiger partial charge in [0.1, 0.15) is 6.61 Å². The zero-order valence-corrected chi connectivity index (χ0v) is 11.7. The molecule has 1 aromatic heterocycles. The van der Waals surface area contributed by atoms with Gasteiger partial charge in [-0.25, -0.2) is 9.57 Å². The lowest BCUT2D eigenvalue weighted by Gasteiger charge is -2.16. The highest BCUT2D eigenvalue weighted by atomic mass is 32.1. The third-order valence-electron chi connectivity index (χ3n) is 2.74. The molecule has 0 spiro atoms. The quantitative estimate of drug-likeness (QED) is 0.456. The van der Waals surface area contributed by atoms with Gasteiger partial charge in [0.05, 0.1) is 5.56 Å². The molecule has 118 valence electrons. The standard InChI is InChI=1S/C12H10F3N3O3S/c13-12(14,15)9-3-1-2-7(11(19)17-20)8(9)6-21-10-4-5-18(22)16-10/h1-5,20,22H,6H2,(H,17,19). The van der Waals surface area contributed by atoms with Gasteiger partial charge in [0, 0.05) is 23.4 Å². The molecular weight excluding hydrogens is 323 g/mol. The molecule has 22 heavy (non-hydrogen) atoms. The van der Waals surface area contributed by atoms with E-state index < -0.39 is 29.8 Å². The van der Waals surface area contributed by atoms with E-state index in [-0.39, 0.29) is 11.4 Å². The fourth-order valence-corrected chi connectivity index (χ4v) is 1.96. The average Bonchev–Trinajstić information content (AvgIpc) is 2.88. The molecule has 1 aromatic carbocycles. The summed E-state index contributed by atoms with van der Waals surface area (Å²) in [5.41, 5.74) is -0.472. The molecule has 0 unspecified atom stereocenters. The van der Waals surface area contributed by atoms with E-state index in [2.05, 4.69) is 17.9 Å². The molecule has 1 heterocycles. The molecule has 0 bridgehead atoms. The molecule has 0 aliphatic carbocycles. The summed E-state index contributed by atoms with van der Waals surface area (Å²) in [5.74, 6) is -1.02. The van der Waals surface area contributed by atoms with Crippen LogP contribution in [0.3, 0.4) is 0 Å². The van der Waals surface area contributed by atoms with Crippen molar-refractivity contribution < 1.29 is 27.9 Å². The smallest absolute Gasteiger partial charge is 0.416 e. The molecule has 0 aliphatic heterocycles. The van der Waals surface area contributed by atoms with Crippen molar-refractivity contribution in [1.29, 1.82) is 0 Å². The van der Waals surface area contributed by atoms with E-state index in [4.69, 9.17) is 9.94 Å². The van der Waals surface area contributed by atoms with Crippen molar-refractivity contribution in [3.8, 4) is 5.88 Å². The summed E-state index contributed by atoms with van der Waals surface area (Å²) in [6, 6.07) is 4.44. The van der Waals surface area contributed by atoms with Crippen LogP contribution in [0.25, 0.3) is 0 Å². The maximum atomic E-state index is 13.0. The van der Waals surface area contributed by atoms with Gasteiger partial charge in [0.15, 0.2) is 0 Å². The Bertz CT molecular complexity index is 688. The highest BCUT2D eigenvalue weighted by molar-refractivity contribution is 7.78. The van der Waals surface area contributed by atoms with Gasteiger partial charge in [-0.3, -0.25) is 10.0 Å². The maximum Gasteiger partial charge on any atom is 0.416 e. The van der Waals surface area contributed by atoms with Crippen LogP contribution in [0.2, 0.25) is 0 Å². The minimum Gasteiger partial charge on any atom is -0.472 e. The Balaban J connectivity index is 2.38. The normalized spacial score (nSPS) is 11.3. The number of hydroxylamine groups is 1. The fourth-order valence-electron chi connectivity index (χ4n) is 1.80. The first-order chi connectivity index (χ1) is 10.3. The largest absolute Gasteiger partial charge is 0.472 e. The van der Waals surface area contributed by atoms with Crippen LogP contribution in [0.5, 0.6) is 5.88 Å². The topological polar surface area (TPSA) is 76.4 Å². The Morgan fingerprint density at radius 1 is 1.41 bits per heavy atom. The molecular formula is C12H10F3N3O3S. The van der Waals surface area contributed by atoms with E-state index in [0.29, 0.717) is 0 Å². The summed E-state index contributed by atoms with van der Waals surface area (Å²) in [6.45, 7) is -0.552. The SMILES string of the molecule is O=C(NO)c1cccc(C(F)(F)F)c1COc1ccn(S)n1. The van der Waals surface area contributed by atoms with E-state index in [9.17, 15) is 18.0 Å². The number of nitrogens with one attached hydrogen (secondary N) is 1. The van der Waals surface area contributed by atoms with Crippen molar-refractivity contribution in [2.24, 2.45) is 0 Å². The molecule has 10 heteroatoms. The third-order valence-corrected chi connectivity index (χ3v) is 2.97. The zero-order valence-electron chi connectivity index (χ0n) is 10.8. The molecule has 0 atom stereocenters. The molecule has 2 rings (SSSR count). The molecule has 1 amide bonds. The number of ether oxygens (including phenoxy) is 1. The number of carbonyl (C=O) groups is 1. The highest BCUT2D eigenvalue weighted by Gasteiger charge is 2.35. The predicted octanol–water partition coefficient (Wildman–Crippen LogP) is 2.29. The van der Waals surface area contributed by atoms with E-state index >= 15 is 0 Å². The zero-order chi connectivity index (χ0) is 16.3. The predicted molar refractivity (Wildman–Crippen MR) is 71.6 cm³/mol. The van der Waals surface area contributed by atoms with Crippen LogP contribution >= 0.6 is 12.8 Å². The molecule has 0 saturated carbocycles. The van der Waals surface area contributed by atoms with Crippen LogP contribution in [0.1, 0.15) is 21.5 Å². The summed E-state index contributed by atoms with van der Waals surface area (Å²) in [7, 11) is 0. The second kappa shape index (κ2) is 6.28. The van der Waals surface area contributed by atoms with Crippen molar-refractivity contribution in [2.45, 2.75) is 12.8 Å². The number of benzene rings is 1. The summed E-state index contributed by atoms with van der Waals surface area (Å²) in [4.78, 5) is 11.5. The maximum absolute atomic E-state index is 13.0. The fraction of sp³-hybridized carbons (Fsp3) is 0.167. The van der Waals surface area contributed by atoms with Crippen LogP contribution in [-0.4, -0.2) is 20.3 Å². The number of alkyl halides is 3. The van der Waals surface area contributed by atoms with Crippen LogP contribution < -0.4 is 10.2 Å². The number of aromatic nitrogens is 2. The Hall–Kier alpha value is -2.20. The van der Waals surface area contributed by atoms with Crippen molar-refractivity contribution in [2.75, 3.05) is 0 Å². The lowest BCUT2D eigenvalue weighted by atomic mass is 10.0. The molecule has 0 fully saturated rings. The van der Waals surface area contributed by atoms with Crippen LogP contribution in [-0.2, 0) is 12.8 Å². The lowest BCUT2D eigenvalue weighted by Crippen LogP contribution is -2.23. The van der Waals surface area contributed by atoms with Crippen LogP contribution in [0.15, 0.2) is 30.5 Å². The molecule has 2 N–H and O–H groups in total. The average molecular weight is 333 g/mol. The van der Waals surface area contributed by atoms with Crippen LogP contribution in [0.4, 0.5) is 13.2 Å². The molecule has 0 radical (unpaired) electrons. The first-order valence-corrected chi connectivity index (χ1v) is 6.24. The van der Waals surface area contributed by atoms with Gasteiger partial charge in [-0.2, -0.15) is 13.2 Å². The Morgan fingerprint density at radius 3 is 2.68 bits per heavy atom. The van der Waals surface area contributed by atoms with Crippen molar-refractivity contribution in [3.63, 3.8) is 0 Å². The van der Waals surface area contributed by atoms with E-state index in [0.717, 1.165) is 22.3 Å². The minimum atomic E-state index is -4.67. The van der Waals surface area contributed by atoms with Gasteiger partial charge >= 0.3 is 6.18 Å². The van der Waals surface area contributed by atoms with Gasteiger partial charge in [-0.15, -0.1) is 5.10 Å². The van der Waals surface area contributed by atoms with Gasteiger partial charge in [-0.05, 0) is 24.9 Å². The van der Waals surface area contributed by atoms with Gasteiger partial charge in [0.25, 0.3) is 5.91 Å². The first-order valence-electron chi connectivity index (χ1n) is 5.84. The third kappa shape index (κ3) is 3.52. The number of amides is 1. The number of hydrogen-bond acceptors (Lipinski definition) is 5. The van der Waals surface area contributed by atoms with E-state index in [1.54, 1.807) is 0 Å². The summed E-state index contributed by atoms with van der Waals surface area (Å²) < 4.78 is 45.4. The molecule has 0 aliphatic rings. The Labute approximate surface area is 128 Å². The summed E-state index contributed by atoms with van der Waals surface area (Å²) in [6.07, 6.45) is -3.25. The van der Waals surface area contributed by atoms with Crippen LogP contribution in [0, 0.1) is 0 Å². The lowest BCUT2D eigenvalue weighted by molar-refractivity contribution is -0.138. The molecule has 0 saturated heterocycles. The van der Waals surface area contributed by atoms with Crippen molar-refractivity contribution in [3.05, 3.63) is 47.2 Å². The number of nitrogens with zero attached hydrogens (tertiary/aromatic N) is 2. The molecule has 2 aromatic rings. The number of thiol groups is 1. The number of halogens is 3. The summed E-state index contributed by atoms with van der Waals surface area (Å²) >= 11 is 3.87. The van der Waals surface area contributed by atoms with Gasteiger partial charge in [0.2, 0.25) is 5.88 Å². The molecule has 6 nitrogen and oxygen atoms in total. The van der Waals surface area contributed by atoms with E-state index in [1.165, 1.54) is 17.7 Å². The van der Waals surface area contributed by atoms with Crippen molar-refractivity contribution >= 4 is 18.7 Å². The Kier molecular flexibility index (Phi) is 4.62. The van der Waals surface area contributed by atoms with Gasteiger partial charge in [-0.1, -0.05) is 6.07 Å². The summed E-state index contributed by atoms with van der Waals surface area (Å²) in [5, 5.41) is 12.4.